The lowest BCUT2D eigenvalue weighted by Gasteiger charge is -2.37. The highest BCUT2D eigenvalue weighted by molar-refractivity contribution is 5.77. The average Bonchev–Trinajstić information content (AvgIpc) is 2.19. The molecule has 4 nitrogen and oxygen atoms in total. The van der Waals surface area contributed by atoms with E-state index in [2.05, 4.69) is 0 Å². The molecule has 0 aliphatic carbocycles. The van der Waals surface area contributed by atoms with Gasteiger partial charge in [0.25, 0.3) is 0 Å². The van der Waals surface area contributed by atoms with Crippen molar-refractivity contribution in [3.05, 3.63) is 0 Å². The molecule has 1 rings (SSSR count). The maximum atomic E-state index is 11.6. The number of likely N-dealkylation sites (tertiary alicyclic amines) is 1. The number of amides is 1. The standard InChI is InChI=1S/C10H19NO3/c1-8-3-4-9(6-12)5-11(8)10(13)7-14-2/h8-9,12H,3-7H2,1-2H3. The van der Waals surface area contributed by atoms with Gasteiger partial charge in [-0.2, -0.15) is 0 Å². The number of carbonyl (C=O) groups excluding carboxylic acids is 1. The van der Waals surface area contributed by atoms with Crippen molar-refractivity contribution >= 4 is 5.91 Å². The van der Waals surface area contributed by atoms with Crippen LogP contribution in [0.1, 0.15) is 19.8 Å². The van der Waals surface area contributed by atoms with Crippen LogP contribution in [-0.2, 0) is 9.53 Å². The second kappa shape index (κ2) is 5.32. The number of nitrogens with zero attached hydrogens (tertiary/aromatic N) is 1. The first-order valence-corrected chi connectivity index (χ1v) is 5.08. The molecule has 0 aromatic rings. The van der Waals surface area contributed by atoms with E-state index >= 15 is 0 Å². The summed E-state index contributed by atoms with van der Waals surface area (Å²) < 4.78 is 4.82. The fraction of sp³-hybridized carbons (Fsp3) is 0.900. The van der Waals surface area contributed by atoms with Crippen molar-refractivity contribution in [3.8, 4) is 0 Å². The minimum Gasteiger partial charge on any atom is -0.396 e. The number of carbonyl (C=O) groups is 1. The highest BCUT2D eigenvalue weighted by atomic mass is 16.5. The van der Waals surface area contributed by atoms with Gasteiger partial charge in [0, 0.05) is 26.3 Å². The molecule has 1 heterocycles. The van der Waals surface area contributed by atoms with Crippen molar-refractivity contribution in [2.45, 2.75) is 25.8 Å². The minimum atomic E-state index is 0.0261. The van der Waals surface area contributed by atoms with Crippen LogP contribution in [0.4, 0.5) is 0 Å². The van der Waals surface area contributed by atoms with Crippen molar-refractivity contribution in [1.82, 2.24) is 4.90 Å². The Morgan fingerprint density at radius 3 is 2.86 bits per heavy atom. The van der Waals surface area contributed by atoms with Crippen molar-refractivity contribution in [1.29, 1.82) is 0 Å². The van der Waals surface area contributed by atoms with E-state index in [0.717, 1.165) is 12.8 Å². The Kier molecular flexibility index (Phi) is 4.35. The third-order valence-corrected chi connectivity index (χ3v) is 2.83. The number of methoxy groups -OCH3 is 1. The zero-order valence-corrected chi connectivity index (χ0v) is 8.90. The van der Waals surface area contributed by atoms with Gasteiger partial charge in [-0.25, -0.2) is 0 Å². The lowest BCUT2D eigenvalue weighted by molar-refractivity contribution is -0.139. The molecular formula is C10H19NO3. The third-order valence-electron chi connectivity index (χ3n) is 2.83. The summed E-state index contributed by atoms with van der Waals surface area (Å²) >= 11 is 0. The third kappa shape index (κ3) is 2.69. The van der Waals surface area contributed by atoms with E-state index in [9.17, 15) is 4.79 Å². The van der Waals surface area contributed by atoms with E-state index in [1.165, 1.54) is 7.11 Å². The SMILES string of the molecule is COCC(=O)N1CC(CO)CCC1C. The Hall–Kier alpha value is -0.610. The Balaban J connectivity index is 2.51. The predicted molar refractivity (Wildman–Crippen MR) is 52.9 cm³/mol. The van der Waals surface area contributed by atoms with E-state index in [1.807, 2.05) is 11.8 Å². The first kappa shape index (κ1) is 11.5. The normalized spacial score (nSPS) is 27.8. The molecule has 0 radical (unpaired) electrons. The molecule has 1 N–H and O–H groups in total. The van der Waals surface area contributed by atoms with Gasteiger partial charge in [0.2, 0.25) is 5.91 Å². The van der Waals surface area contributed by atoms with Crippen LogP contribution in [-0.4, -0.2) is 48.8 Å². The Morgan fingerprint density at radius 1 is 1.57 bits per heavy atom. The Labute approximate surface area is 84.8 Å². The molecule has 0 spiro atoms. The van der Waals surface area contributed by atoms with Crippen LogP contribution in [0.3, 0.4) is 0 Å². The number of rotatable bonds is 3. The number of piperidine rings is 1. The van der Waals surface area contributed by atoms with E-state index in [1.54, 1.807) is 0 Å². The van der Waals surface area contributed by atoms with Crippen LogP contribution in [0, 0.1) is 5.92 Å². The molecule has 0 saturated carbocycles. The molecule has 1 fully saturated rings. The zero-order valence-electron chi connectivity index (χ0n) is 8.90. The molecule has 1 saturated heterocycles. The average molecular weight is 201 g/mol. The maximum Gasteiger partial charge on any atom is 0.248 e. The second-order valence-corrected chi connectivity index (χ2v) is 3.95. The molecule has 0 aromatic heterocycles. The van der Waals surface area contributed by atoms with E-state index in [0.29, 0.717) is 6.54 Å². The number of hydrogen-bond acceptors (Lipinski definition) is 3. The van der Waals surface area contributed by atoms with Gasteiger partial charge in [0.15, 0.2) is 0 Å². The zero-order chi connectivity index (χ0) is 10.6. The molecular weight excluding hydrogens is 182 g/mol. The van der Waals surface area contributed by atoms with Crippen LogP contribution in [0.2, 0.25) is 0 Å². The van der Waals surface area contributed by atoms with E-state index in [4.69, 9.17) is 9.84 Å². The lowest BCUT2D eigenvalue weighted by Crippen LogP contribution is -2.47. The summed E-state index contributed by atoms with van der Waals surface area (Å²) in [7, 11) is 1.52. The van der Waals surface area contributed by atoms with Gasteiger partial charge < -0.3 is 14.7 Å². The molecule has 0 aromatic carbocycles. The fourth-order valence-electron chi connectivity index (χ4n) is 1.89. The number of hydrogen-bond donors (Lipinski definition) is 1. The lowest BCUT2D eigenvalue weighted by atomic mass is 9.94. The monoisotopic (exact) mass is 201 g/mol. The van der Waals surface area contributed by atoms with Crippen LogP contribution in [0.25, 0.3) is 0 Å². The first-order chi connectivity index (χ1) is 6.69. The van der Waals surface area contributed by atoms with Gasteiger partial charge in [-0.05, 0) is 25.7 Å². The molecule has 4 heteroatoms. The van der Waals surface area contributed by atoms with Crippen molar-refractivity contribution in [3.63, 3.8) is 0 Å². The van der Waals surface area contributed by atoms with Gasteiger partial charge in [-0.1, -0.05) is 0 Å². The van der Waals surface area contributed by atoms with Gasteiger partial charge in [-0.15, -0.1) is 0 Å². The van der Waals surface area contributed by atoms with Crippen molar-refractivity contribution in [2.24, 2.45) is 5.92 Å². The van der Waals surface area contributed by atoms with Crippen LogP contribution in [0.5, 0.6) is 0 Å². The highest BCUT2D eigenvalue weighted by Crippen LogP contribution is 2.21. The molecule has 0 bridgehead atoms. The summed E-state index contributed by atoms with van der Waals surface area (Å²) in [5.74, 6) is 0.269. The van der Waals surface area contributed by atoms with Crippen LogP contribution in [0.15, 0.2) is 0 Å². The largest absolute Gasteiger partial charge is 0.396 e. The molecule has 1 aliphatic heterocycles. The van der Waals surface area contributed by atoms with Crippen LogP contribution < -0.4 is 0 Å². The second-order valence-electron chi connectivity index (χ2n) is 3.95. The van der Waals surface area contributed by atoms with Crippen LogP contribution >= 0.6 is 0 Å². The quantitative estimate of drug-likeness (QED) is 0.712. The molecule has 2 atom stereocenters. The Morgan fingerprint density at radius 2 is 2.29 bits per heavy atom. The van der Waals surface area contributed by atoms with E-state index < -0.39 is 0 Å². The summed E-state index contributed by atoms with van der Waals surface area (Å²) in [5.41, 5.74) is 0. The summed E-state index contributed by atoms with van der Waals surface area (Å²) in [6.45, 7) is 3.02. The number of ether oxygens (including phenoxy) is 1. The summed E-state index contributed by atoms with van der Waals surface area (Å²) in [4.78, 5) is 13.4. The minimum absolute atomic E-state index is 0.0261. The van der Waals surface area contributed by atoms with Gasteiger partial charge >= 0.3 is 0 Å². The predicted octanol–water partition coefficient (Wildman–Crippen LogP) is 0.252. The topological polar surface area (TPSA) is 49.8 Å². The highest BCUT2D eigenvalue weighted by Gasteiger charge is 2.28. The van der Waals surface area contributed by atoms with Gasteiger partial charge in [0.05, 0.1) is 0 Å². The summed E-state index contributed by atoms with van der Waals surface area (Å²) in [5, 5.41) is 9.04. The molecule has 1 amide bonds. The number of aliphatic hydroxyl groups is 1. The van der Waals surface area contributed by atoms with E-state index in [-0.39, 0.29) is 31.1 Å². The van der Waals surface area contributed by atoms with Crippen molar-refractivity contribution in [2.75, 3.05) is 26.9 Å². The Bertz CT molecular complexity index is 196. The smallest absolute Gasteiger partial charge is 0.248 e. The fourth-order valence-corrected chi connectivity index (χ4v) is 1.89. The molecule has 82 valence electrons. The number of aliphatic hydroxyl groups excluding tert-OH is 1. The summed E-state index contributed by atoms with van der Waals surface area (Å²) in [6, 6.07) is 0.278. The molecule has 2 unspecified atom stereocenters. The first-order valence-electron chi connectivity index (χ1n) is 5.08. The van der Waals surface area contributed by atoms with Gasteiger partial charge in [-0.3, -0.25) is 4.79 Å². The maximum absolute atomic E-state index is 11.6. The summed E-state index contributed by atoms with van der Waals surface area (Å²) in [6.07, 6.45) is 1.98. The molecule has 1 aliphatic rings. The van der Waals surface area contributed by atoms with Crippen molar-refractivity contribution < 1.29 is 14.6 Å². The van der Waals surface area contributed by atoms with Gasteiger partial charge in [0.1, 0.15) is 6.61 Å². The molecule has 14 heavy (non-hydrogen) atoms.